The van der Waals surface area contributed by atoms with Crippen LogP contribution in [-0.2, 0) is 4.79 Å². The van der Waals surface area contributed by atoms with E-state index in [1.165, 1.54) is 0 Å². The molecule has 1 aliphatic rings. The van der Waals surface area contributed by atoms with E-state index in [0.717, 1.165) is 30.5 Å². The fraction of sp³-hybridized carbons (Fsp3) is 0.278. The number of anilines is 2. The molecular weight excluding hydrogens is 298 g/mol. The predicted molar refractivity (Wildman–Crippen MR) is 86.4 cm³/mol. The van der Waals surface area contributed by atoms with Crippen molar-refractivity contribution in [1.29, 1.82) is 0 Å². The van der Waals surface area contributed by atoms with Crippen LogP contribution in [0.5, 0.6) is 0 Å². The van der Waals surface area contributed by atoms with Gasteiger partial charge in [-0.2, -0.15) is 0 Å². The van der Waals surface area contributed by atoms with Gasteiger partial charge in [-0.15, -0.1) is 0 Å². The van der Waals surface area contributed by atoms with Gasteiger partial charge in [0.05, 0.1) is 11.4 Å². The number of nitrogens with one attached hydrogen (secondary N) is 1. The number of unbranched alkanes of at least 4 members (excludes halogenated alkanes) is 1. The van der Waals surface area contributed by atoms with Crippen molar-refractivity contribution in [2.24, 2.45) is 0 Å². The lowest BCUT2D eigenvalue weighted by atomic mass is 10.0. The minimum atomic E-state index is -0.946. The fourth-order valence-corrected chi connectivity index (χ4v) is 2.79. The van der Waals surface area contributed by atoms with Gasteiger partial charge in [0.1, 0.15) is 6.04 Å². The molecule has 2 aromatic carbocycles. The number of fused-ring (bicyclic) bond motifs is 1. The molecule has 1 aliphatic heterocycles. The van der Waals surface area contributed by atoms with Crippen LogP contribution < -0.4 is 10.2 Å². The molecule has 3 nitrogen and oxygen atoms in total. The highest BCUT2D eigenvalue weighted by atomic mass is 19.2. The number of carbonyl (C=O) groups is 1. The van der Waals surface area contributed by atoms with Crippen molar-refractivity contribution in [3.8, 4) is 0 Å². The molecule has 0 spiro atoms. The molecule has 0 fully saturated rings. The summed E-state index contributed by atoms with van der Waals surface area (Å²) in [6, 6.07) is 10.9. The van der Waals surface area contributed by atoms with Gasteiger partial charge in [-0.1, -0.05) is 43.7 Å². The number of carbonyl (C=O) groups excluding carboxylic acids is 1. The first kappa shape index (κ1) is 15.5. The smallest absolute Gasteiger partial charge is 0.254 e. The van der Waals surface area contributed by atoms with E-state index in [1.807, 2.05) is 37.3 Å². The van der Waals surface area contributed by atoms with Crippen molar-refractivity contribution in [3.63, 3.8) is 0 Å². The van der Waals surface area contributed by atoms with Gasteiger partial charge in [0.15, 0.2) is 11.6 Å². The van der Waals surface area contributed by atoms with Gasteiger partial charge < -0.3 is 10.2 Å². The number of amides is 1. The molecule has 1 unspecified atom stereocenters. The standard InChI is InChI=1S/C18H18F2N2O/c1-2-3-9-22-16-11-14(20)13(19)10-15(16)21-17(18(22)23)12-7-5-4-6-8-12/h4-8,10-11,17,21H,2-3,9H2,1H3. The molecule has 0 aromatic heterocycles. The van der Waals surface area contributed by atoms with Gasteiger partial charge in [-0.25, -0.2) is 8.78 Å². The minimum Gasteiger partial charge on any atom is -0.368 e. The van der Waals surface area contributed by atoms with E-state index in [1.54, 1.807) is 4.90 Å². The number of hydrogen-bond donors (Lipinski definition) is 1. The lowest BCUT2D eigenvalue weighted by molar-refractivity contribution is -0.119. The van der Waals surface area contributed by atoms with Gasteiger partial charge in [0.25, 0.3) is 5.91 Å². The van der Waals surface area contributed by atoms with Crippen LogP contribution in [0.4, 0.5) is 20.2 Å². The average Bonchev–Trinajstić information content (AvgIpc) is 2.56. The van der Waals surface area contributed by atoms with Crippen molar-refractivity contribution in [2.75, 3.05) is 16.8 Å². The highest BCUT2D eigenvalue weighted by Crippen LogP contribution is 2.38. The molecule has 0 saturated carbocycles. The molecule has 0 bridgehead atoms. The quantitative estimate of drug-likeness (QED) is 0.914. The Morgan fingerprint density at radius 3 is 2.52 bits per heavy atom. The van der Waals surface area contributed by atoms with E-state index < -0.39 is 17.7 Å². The summed E-state index contributed by atoms with van der Waals surface area (Å²) in [6.07, 6.45) is 1.71. The van der Waals surface area contributed by atoms with Crippen LogP contribution in [0, 0.1) is 11.6 Å². The Labute approximate surface area is 133 Å². The van der Waals surface area contributed by atoms with Gasteiger partial charge in [-0.05, 0) is 12.0 Å². The first-order valence-corrected chi connectivity index (χ1v) is 7.73. The predicted octanol–water partition coefficient (Wildman–Crippen LogP) is 4.26. The van der Waals surface area contributed by atoms with E-state index in [2.05, 4.69) is 5.32 Å². The number of benzene rings is 2. The molecule has 2 aromatic rings. The third-order valence-corrected chi connectivity index (χ3v) is 4.01. The highest BCUT2D eigenvalue weighted by molar-refractivity contribution is 6.05. The molecule has 120 valence electrons. The molecule has 0 saturated heterocycles. The Balaban J connectivity index is 2.04. The molecule has 0 radical (unpaired) electrons. The molecule has 0 aliphatic carbocycles. The Bertz CT molecular complexity index is 718. The first-order valence-electron chi connectivity index (χ1n) is 7.73. The van der Waals surface area contributed by atoms with Gasteiger partial charge in [-0.3, -0.25) is 4.79 Å². The van der Waals surface area contributed by atoms with Crippen LogP contribution in [-0.4, -0.2) is 12.5 Å². The third kappa shape index (κ3) is 2.91. The molecule has 3 rings (SSSR count). The second-order valence-corrected chi connectivity index (χ2v) is 5.61. The van der Waals surface area contributed by atoms with Crippen LogP contribution in [0.15, 0.2) is 42.5 Å². The van der Waals surface area contributed by atoms with E-state index in [9.17, 15) is 13.6 Å². The first-order chi connectivity index (χ1) is 11.1. The van der Waals surface area contributed by atoms with E-state index in [4.69, 9.17) is 0 Å². The zero-order valence-electron chi connectivity index (χ0n) is 12.9. The fourth-order valence-electron chi connectivity index (χ4n) is 2.79. The number of rotatable bonds is 4. The second-order valence-electron chi connectivity index (χ2n) is 5.61. The molecule has 5 heteroatoms. The van der Waals surface area contributed by atoms with Crippen molar-refractivity contribution in [2.45, 2.75) is 25.8 Å². The summed E-state index contributed by atoms with van der Waals surface area (Å²) < 4.78 is 27.2. The zero-order chi connectivity index (χ0) is 16.4. The average molecular weight is 316 g/mol. The zero-order valence-corrected chi connectivity index (χ0v) is 12.9. The maximum absolute atomic E-state index is 13.6. The van der Waals surface area contributed by atoms with Crippen molar-refractivity contribution in [3.05, 3.63) is 59.7 Å². The lowest BCUT2D eigenvalue weighted by Crippen LogP contribution is -2.43. The Morgan fingerprint density at radius 2 is 1.83 bits per heavy atom. The van der Waals surface area contributed by atoms with Gasteiger partial charge in [0, 0.05) is 18.7 Å². The van der Waals surface area contributed by atoms with Gasteiger partial charge in [0.2, 0.25) is 0 Å². The van der Waals surface area contributed by atoms with Crippen molar-refractivity contribution in [1.82, 2.24) is 0 Å². The molecular formula is C18H18F2N2O. The normalized spacial score (nSPS) is 16.9. The van der Waals surface area contributed by atoms with Gasteiger partial charge >= 0.3 is 0 Å². The summed E-state index contributed by atoms with van der Waals surface area (Å²) in [4.78, 5) is 14.4. The largest absolute Gasteiger partial charge is 0.368 e. The highest BCUT2D eigenvalue weighted by Gasteiger charge is 2.34. The lowest BCUT2D eigenvalue weighted by Gasteiger charge is -2.35. The van der Waals surface area contributed by atoms with Crippen LogP contribution in [0.1, 0.15) is 31.4 Å². The van der Waals surface area contributed by atoms with Crippen LogP contribution >= 0.6 is 0 Å². The minimum absolute atomic E-state index is 0.150. The Hall–Kier alpha value is -2.43. The van der Waals surface area contributed by atoms with E-state index >= 15 is 0 Å². The Kier molecular flexibility index (Phi) is 4.28. The topological polar surface area (TPSA) is 32.3 Å². The summed E-state index contributed by atoms with van der Waals surface area (Å²) >= 11 is 0. The summed E-state index contributed by atoms with van der Waals surface area (Å²) in [6.45, 7) is 2.51. The summed E-state index contributed by atoms with van der Waals surface area (Å²) in [5.41, 5.74) is 1.64. The maximum Gasteiger partial charge on any atom is 0.254 e. The molecule has 1 heterocycles. The van der Waals surface area contributed by atoms with E-state index in [0.29, 0.717) is 17.9 Å². The number of nitrogens with zero attached hydrogens (tertiary/aromatic N) is 1. The number of hydrogen-bond acceptors (Lipinski definition) is 2. The Morgan fingerprint density at radius 1 is 1.13 bits per heavy atom. The SMILES string of the molecule is CCCCN1C(=O)C(c2ccccc2)Nc2cc(F)c(F)cc21. The summed E-state index contributed by atoms with van der Waals surface area (Å²) in [5.74, 6) is -2.02. The monoisotopic (exact) mass is 316 g/mol. The molecule has 1 amide bonds. The van der Waals surface area contributed by atoms with Crippen LogP contribution in [0.25, 0.3) is 0 Å². The number of halogens is 2. The molecule has 1 atom stereocenters. The second kappa shape index (κ2) is 6.36. The van der Waals surface area contributed by atoms with Crippen molar-refractivity contribution < 1.29 is 13.6 Å². The van der Waals surface area contributed by atoms with E-state index in [-0.39, 0.29) is 5.91 Å². The summed E-state index contributed by atoms with van der Waals surface area (Å²) in [5, 5.41) is 3.04. The third-order valence-electron chi connectivity index (χ3n) is 4.01. The summed E-state index contributed by atoms with van der Waals surface area (Å²) in [7, 11) is 0. The maximum atomic E-state index is 13.6. The van der Waals surface area contributed by atoms with Crippen molar-refractivity contribution >= 4 is 17.3 Å². The molecule has 1 N–H and O–H groups in total. The molecule has 23 heavy (non-hydrogen) atoms. The van der Waals surface area contributed by atoms with Crippen LogP contribution in [0.2, 0.25) is 0 Å². The van der Waals surface area contributed by atoms with Crippen LogP contribution in [0.3, 0.4) is 0 Å².